The summed E-state index contributed by atoms with van der Waals surface area (Å²) in [5.41, 5.74) is -0.112. The second-order valence-corrected chi connectivity index (χ2v) is 6.99. The summed E-state index contributed by atoms with van der Waals surface area (Å²) in [7, 11) is 0. The molecule has 0 heterocycles. The number of rotatable bonds is 12. The van der Waals surface area contributed by atoms with Gasteiger partial charge in [-0.1, -0.05) is 26.7 Å². The van der Waals surface area contributed by atoms with Gasteiger partial charge in [-0.3, -0.25) is 4.79 Å². The molecule has 1 amide bonds. The second-order valence-electron chi connectivity index (χ2n) is 6.99. The predicted octanol–water partition coefficient (Wildman–Crippen LogP) is 4.96. The minimum absolute atomic E-state index is 0.0380. The Labute approximate surface area is 168 Å². The van der Waals surface area contributed by atoms with Crippen LogP contribution in [0.2, 0.25) is 0 Å². The lowest BCUT2D eigenvalue weighted by molar-refractivity contribution is -0.139. The molecule has 158 valence electrons. The fraction of sp³-hybridized carbons (Fsp3) is 0.636. The molecular weight excluding hydrogens is 358 g/mol. The van der Waals surface area contributed by atoms with Gasteiger partial charge in [0, 0.05) is 12.3 Å². The van der Waals surface area contributed by atoms with Gasteiger partial charge in [0.2, 0.25) is 0 Å². The van der Waals surface area contributed by atoms with Gasteiger partial charge in [0.05, 0.1) is 12.7 Å². The van der Waals surface area contributed by atoms with Crippen LogP contribution in [0.25, 0.3) is 0 Å². The number of hydrogen-bond donors (Lipinski definition) is 1. The highest BCUT2D eigenvalue weighted by Gasteiger charge is 2.33. The summed E-state index contributed by atoms with van der Waals surface area (Å²) in [6.07, 6.45) is 3.27. The molecule has 0 aliphatic heterocycles. The van der Waals surface area contributed by atoms with Crippen molar-refractivity contribution < 1.29 is 23.8 Å². The van der Waals surface area contributed by atoms with Crippen LogP contribution >= 0.6 is 0 Å². The van der Waals surface area contributed by atoms with E-state index in [1.807, 2.05) is 20.8 Å². The molecule has 0 bridgehead atoms. The topological polar surface area (TPSA) is 73.9 Å². The number of unbranched alkanes of at least 4 members (excludes halogenated alkanes) is 1. The average molecular weight is 394 g/mol. The SMILES string of the molecule is CCCCC(C)(OCC)C(=O)Nc1ccc(OC(C)CC)c(C(=O)OCC)c1. The van der Waals surface area contributed by atoms with Crippen molar-refractivity contribution in [1.29, 1.82) is 0 Å². The van der Waals surface area contributed by atoms with Gasteiger partial charge < -0.3 is 19.5 Å². The van der Waals surface area contributed by atoms with Crippen LogP contribution in [0.3, 0.4) is 0 Å². The third-order valence-electron chi connectivity index (χ3n) is 4.59. The Balaban J connectivity index is 3.11. The highest BCUT2D eigenvalue weighted by molar-refractivity contribution is 5.99. The van der Waals surface area contributed by atoms with Crippen LogP contribution < -0.4 is 10.1 Å². The van der Waals surface area contributed by atoms with Crippen LogP contribution in [0.5, 0.6) is 5.75 Å². The van der Waals surface area contributed by atoms with E-state index in [1.165, 1.54) is 0 Å². The quantitative estimate of drug-likeness (QED) is 0.508. The summed E-state index contributed by atoms with van der Waals surface area (Å²) in [6.45, 7) is 12.2. The third-order valence-corrected chi connectivity index (χ3v) is 4.59. The summed E-state index contributed by atoms with van der Waals surface area (Å²) < 4.78 is 16.7. The molecule has 2 unspecified atom stereocenters. The van der Waals surface area contributed by atoms with Gasteiger partial charge in [0.15, 0.2) is 0 Å². The monoisotopic (exact) mass is 393 g/mol. The molecule has 0 aromatic heterocycles. The molecule has 1 N–H and O–H groups in total. The molecule has 0 radical (unpaired) electrons. The Morgan fingerprint density at radius 3 is 2.43 bits per heavy atom. The molecule has 28 heavy (non-hydrogen) atoms. The molecule has 0 aliphatic rings. The lowest BCUT2D eigenvalue weighted by atomic mass is 9.97. The normalized spacial score (nSPS) is 14.1. The van der Waals surface area contributed by atoms with Gasteiger partial charge in [-0.05, 0) is 58.7 Å². The number of carbonyl (C=O) groups excluding carboxylic acids is 2. The molecule has 1 rings (SSSR count). The number of ether oxygens (including phenoxy) is 3. The molecular formula is C22H35NO5. The van der Waals surface area contributed by atoms with E-state index >= 15 is 0 Å². The number of carbonyl (C=O) groups is 2. The van der Waals surface area contributed by atoms with Crippen LogP contribution in [0.15, 0.2) is 18.2 Å². The first-order valence-electron chi connectivity index (χ1n) is 10.2. The van der Waals surface area contributed by atoms with E-state index in [2.05, 4.69) is 12.2 Å². The first-order valence-corrected chi connectivity index (χ1v) is 10.2. The zero-order chi connectivity index (χ0) is 21.2. The maximum atomic E-state index is 12.9. The van der Waals surface area contributed by atoms with Crippen molar-refractivity contribution in [1.82, 2.24) is 0 Å². The Morgan fingerprint density at radius 2 is 1.86 bits per heavy atom. The molecule has 1 aromatic carbocycles. The van der Waals surface area contributed by atoms with Crippen LogP contribution in [0.4, 0.5) is 5.69 Å². The lowest BCUT2D eigenvalue weighted by Gasteiger charge is -2.28. The Kier molecular flexibility index (Phi) is 10.0. The van der Waals surface area contributed by atoms with Gasteiger partial charge in [-0.2, -0.15) is 0 Å². The third kappa shape index (κ3) is 6.82. The van der Waals surface area contributed by atoms with Gasteiger partial charge in [0.25, 0.3) is 5.91 Å². The molecule has 0 saturated carbocycles. The van der Waals surface area contributed by atoms with Crippen LogP contribution in [-0.2, 0) is 14.3 Å². The lowest BCUT2D eigenvalue weighted by Crippen LogP contribution is -2.42. The molecule has 1 aromatic rings. The highest BCUT2D eigenvalue weighted by Crippen LogP contribution is 2.27. The minimum atomic E-state index is -0.916. The predicted molar refractivity (Wildman–Crippen MR) is 111 cm³/mol. The largest absolute Gasteiger partial charge is 0.490 e. The minimum Gasteiger partial charge on any atom is -0.490 e. The van der Waals surface area contributed by atoms with E-state index in [4.69, 9.17) is 14.2 Å². The van der Waals surface area contributed by atoms with Crippen molar-refractivity contribution in [3.63, 3.8) is 0 Å². The average Bonchev–Trinajstić information content (AvgIpc) is 2.67. The van der Waals surface area contributed by atoms with Crippen molar-refractivity contribution in [3.8, 4) is 5.75 Å². The number of nitrogens with one attached hydrogen (secondary N) is 1. The summed E-state index contributed by atoms with van der Waals surface area (Å²) >= 11 is 0. The van der Waals surface area contributed by atoms with Crippen molar-refractivity contribution in [2.45, 2.75) is 78.9 Å². The first-order chi connectivity index (χ1) is 13.3. The molecule has 2 atom stereocenters. The fourth-order valence-electron chi connectivity index (χ4n) is 2.73. The van der Waals surface area contributed by atoms with Crippen molar-refractivity contribution in [2.24, 2.45) is 0 Å². The van der Waals surface area contributed by atoms with Gasteiger partial charge in [-0.15, -0.1) is 0 Å². The summed E-state index contributed by atoms with van der Waals surface area (Å²) in [5.74, 6) is -0.256. The molecule has 6 heteroatoms. The van der Waals surface area contributed by atoms with Gasteiger partial charge in [0.1, 0.15) is 16.9 Å². The van der Waals surface area contributed by atoms with Crippen LogP contribution in [-0.4, -0.2) is 36.8 Å². The zero-order valence-electron chi connectivity index (χ0n) is 18.1. The van der Waals surface area contributed by atoms with Crippen LogP contribution in [0.1, 0.15) is 77.6 Å². The van der Waals surface area contributed by atoms with E-state index in [0.29, 0.717) is 30.0 Å². The fourth-order valence-corrected chi connectivity index (χ4v) is 2.73. The zero-order valence-corrected chi connectivity index (χ0v) is 18.1. The smallest absolute Gasteiger partial charge is 0.341 e. The molecule has 0 saturated heterocycles. The number of amides is 1. The van der Waals surface area contributed by atoms with Gasteiger partial charge >= 0.3 is 5.97 Å². The van der Waals surface area contributed by atoms with E-state index in [-0.39, 0.29) is 18.6 Å². The molecule has 0 spiro atoms. The summed E-state index contributed by atoms with van der Waals surface area (Å²) in [5, 5.41) is 2.88. The van der Waals surface area contributed by atoms with Crippen molar-refractivity contribution in [3.05, 3.63) is 23.8 Å². The summed E-state index contributed by atoms with van der Waals surface area (Å²) in [6, 6.07) is 5.02. The number of anilines is 1. The highest BCUT2D eigenvalue weighted by atomic mass is 16.5. The van der Waals surface area contributed by atoms with E-state index < -0.39 is 11.6 Å². The van der Waals surface area contributed by atoms with Crippen molar-refractivity contribution >= 4 is 17.6 Å². The van der Waals surface area contributed by atoms with E-state index in [0.717, 1.165) is 19.3 Å². The van der Waals surface area contributed by atoms with Crippen LogP contribution in [0, 0.1) is 0 Å². The Bertz CT molecular complexity index is 646. The molecule has 6 nitrogen and oxygen atoms in total. The van der Waals surface area contributed by atoms with Gasteiger partial charge in [-0.25, -0.2) is 4.79 Å². The van der Waals surface area contributed by atoms with E-state index in [1.54, 1.807) is 32.0 Å². The number of hydrogen-bond acceptors (Lipinski definition) is 5. The number of esters is 1. The van der Waals surface area contributed by atoms with Crippen molar-refractivity contribution in [2.75, 3.05) is 18.5 Å². The Morgan fingerprint density at radius 1 is 1.14 bits per heavy atom. The second kappa shape index (κ2) is 11.7. The standard InChI is InChI=1S/C22H35NO5/c1-7-11-14-22(6,27-10-4)21(25)23-17-12-13-19(28-16(5)8-2)18(15-17)20(24)26-9-3/h12-13,15-16H,7-11,14H2,1-6H3,(H,23,25). The van der Waals surface area contributed by atoms with E-state index in [9.17, 15) is 9.59 Å². The maximum Gasteiger partial charge on any atom is 0.341 e. The summed E-state index contributed by atoms with van der Waals surface area (Å²) in [4.78, 5) is 25.2. The molecule has 0 aliphatic carbocycles. The first kappa shape index (κ1) is 24.0. The maximum absolute atomic E-state index is 12.9. The number of benzene rings is 1. The Hall–Kier alpha value is -2.08. The molecule has 0 fully saturated rings.